The number of aromatic nitrogens is 1. The van der Waals surface area contributed by atoms with Gasteiger partial charge in [-0.2, -0.15) is 0 Å². The number of aromatic carboxylic acids is 1. The first-order valence-electron chi connectivity index (χ1n) is 9.28. The van der Waals surface area contributed by atoms with Gasteiger partial charge < -0.3 is 15.4 Å². The Balaban J connectivity index is 1.50. The van der Waals surface area contributed by atoms with Crippen LogP contribution in [0.25, 0.3) is 6.08 Å². The molecule has 4 bridgehead atoms. The van der Waals surface area contributed by atoms with Gasteiger partial charge in [0.05, 0.1) is 0 Å². The van der Waals surface area contributed by atoms with E-state index in [9.17, 15) is 14.7 Å². The number of hydrogen-bond acceptors (Lipinski definition) is 2. The van der Waals surface area contributed by atoms with E-state index in [0.29, 0.717) is 5.56 Å². The predicted molar refractivity (Wildman–Crippen MR) is 95.3 cm³/mol. The van der Waals surface area contributed by atoms with Crippen molar-refractivity contribution in [1.82, 2.24) is 10.3 Å². The minimum Gasteiger partial charge on any atom is -0.477 e. The summed E-state index contributed by atoms with van der Waals surface area (Å²) in [5.74, 6) is 1.24. The summed E-state index contributed by atoms with van der Waals surface area (Å²) >= 11 is 0. The van der Waals surface area contributed by atoms with Crippen molar-refractivity contribution in [3.05, 3.63) is 28.6 Å². The van der Waals surface area contributed by atoms with Crippen LogP contribution in [-0.2, 0) is 4.79 Å². The van der Waals surface area contributed by atoms with Gasteiger partial charge in [-0.15, -0.1) is 0 Å². The number of carbonyl (C=O) groups is 2. The van der Waals surface area contributed by atoms with Gasteiger partial charge in [-0.05, 0) is 81.8 Å². The minimum absolute atomic E-state index is 0.0189. The molecule has 0 spiro atoms. The molecule has 1 heterocycles. The van der Waals surface area contributed by atoms with Crippen LogP contribution >= 0.6 is 0 Å². The number of carbonyl (C=O) groups excluding carboxylic acids is 1. The van der Waals surface area contributed by atoms with Gasteiger partial charge in [0.1, 0.15) is 5.69 Å². The Hall–Kier alpha value is -2.04. The molecule has 4 aliphatic carbocycles. The lowest BCUT2D eigenvalue weighted by Gasteiger charge is -2.56. The van der Waals surface area contributed by atoms with Crippen LogP contribution in [0.3, 0.4) is 0 Å². The number of H-pyrrole nitrogens is 1. The number of aromatic amines is 1. The van der Waals surface area contributed by atoms with E-state index in [1.54, 1.807) is 6.08 Å². The fourth-order valence-corrected chi connectivity index (χ4v) is 5.84. The zero-order chi connectivity index (χ0) is 17.8. The summed E-state index contributed by atoms with van der Waals surface area (Å²) in [4.78, 5) is 26.8. The van der Waals surface area contributed by atoms with E-state index in [-0.39, 0.29) is 17.1 Å². The van der Waals surface area contributed by atoms with Crippen LogP contribution in [0.4, 0.5) is 0 Å². The number of carboxylic acid groups (broad SMARTS) is 1. The molecule has 5 nitrogen and oxygen atoms in total. The smallest absolute Gasteiger partial charge is 0.352 e. The third-order valence-corrected chi connectivity index (χ3v) is 6.59. The summed E-state index contributed by atoms with van der Waals surface area (Å²) in [7, 11) is 0. The van der Waals surface area contributed by atoms with Crippen molar-refractivity contribution in [3.8, 4) is 0 Å². The molecule has 0 saturated heterocycles. The van der Waals surface area contributed by atoms with Crippen LogP contribution in [0.1, 0.15) is 65.8 Å². The van der Waals surface area contributed by atoms with Gasteiger partial charge in [-0.3, -0.25) is 4.79 Å². The second-order valence-corrected chi connectivity index (χ2v) is 8.49. The summed E-state index contributed by atoms with van der Waals surface area (Å²) in [6.07, 6.45) is 10.5. The number of hydrogen-bond donors (Lipinski definition) is 3. The second kappa shape index (κ2) is 5.75. The lowest BCUT2D eigenvalue weighted by molar-refractivity contribution is -0.122. The molecule has 3 N–H and O–H groups in total. The lowest BCUT2D eigenvalue weighted by Crippen LogP contribution is -2.59. The lowest BCUT2D eigenvalue weighted by atomic mass is 9.53. The standard InChI is InChI=1S/C20H26N2O3/c1-11-12(2)21-18(19(24)25)16(11)3-4-17(23)22-20-8-13-5-14(9-20)7-15(6-13)10-20/h3-4,13-15,21H,5-10H2,1-2H3,(H,22,23)(H,24,25)/b4-3+. The summed E-state index contributed by atoms with van der Waals surface area (Å²) in [6, 6.07) is 0. The fraction of sp³-hybridized carbons (Fsp3) is 0.600. The normalized spacial score (nSPS) is 33.1. The molecule has 134 valence electrons. The molecule has 4 aliphatic rings. The molecule has 4 fully saturated rings. The first-order chi connectivity index (χ1) is 11.8. The largest absolute Gasteiger partial charge is 0.477 e. The first kappa shape index (κ1) is 16.4. The van der Waals surface area contributed by atoms with Crippen LogP contribution in [-0.4, -0.2) is 27.5 Å². The second-order valence-electron chi connectivity index (χ2n) is 8.49. The Labute approximate surface area is 147 Å². The molecule has 5 rings (SSSR count). The van der Waals surface area contributed by atoms with Crippen molar-refractivity contribution in [2.45, 2.75) is 57.9 Å². The Morgan fingerprint density at radius 3 is 2.20 bits per heavy atom. The number of aryl methyl sites for hydroxylation is 1. The SMILES string of the molecule is Cc1[nH]c(C(=O)O)c(/C=C/C(=O)NC23CC4CC(CC(C4)C2)C3)c1C. The van der Waals surface area contributed by atoms with Crippen molar-refractivity contribution in [2.75, 3.05) is 0 Å². The highest BCUT2D eigenvalue weighted by Crippen LogP contribution is 2.55. The molecule has 0 atom stereocenters. The molecular weight excluding hydrogens is 316 g/mol. The van der Waals surface area contributed by atoms with E-state index < -0.39 is 5.97 Å². The van der Waals surface area contributed by atoms with E-state index in [0.717, 1.165) is 48.3 Å². The summed E-state index contributed by atoms with van der Waals surface area (Å²) < 4.78 is 0. The molecule has 25 heavy (non-hydrogen) atoms. The van der Waals surface area contributed by atoms with Gasteiger partial charge >= 0.3 is 5.97 Å². The van der Waals surface area contributed by atoms with E-state index in [2.05, 4.69) is 10.3 Å². The van der Waals surface area contributed by atoms with Crippen molar-refractivity contribution in [2.24, 2.45) is 17.8 Å². The Bertz CT molecular complexity index is 724. The van der Waals surface area contributed by atoms with E-state index in [1.807, 2.05) is 13.8 Å². The maximum atomic E-state index is 12.5. The van der Waals surface area contributed by atoms with E-state index in [4.69, 9.17) is 0 Å². The highest BCUT2D eigenvalue weighted by molar-refractivity contribution is 5.96. The average molecular weight is 342 g/mol. The molecule has 0 unspecified atom stereocenters. The maximum Gasteiger partial charge on any atom is 0.352 e. The van der Waals surface area contributed by atoms with Crippen LogP contribution in [0.15, 0.2) is 6.08 Å². The molecule has 4 saturated carbocycles. The Kier molecular flexibility index (Phi) is 3.78. The first-order valence-corrected chi connectivity index (χ1v) is 9.28. The Morgan fingerprint density at radius 1 is 1.12 bits per heavy atom. The third-order valence-electron chi connectivity index (χ3n) is 6.59. The maximum absolute atomic E-state index is 12.5. The average Bonchev–Trinajstić information content (AvgIpc) is 2.79. The molecule has 1 aromatic rings. The van der Waals surface area contributed by atoms with Crippen molar-refractivity contribution >= 4 is 18.0 Å². The topological polar surface area (TPSA) is 82.2 Å². The van der Waals surface area contributed by atoms with Crippen LogP contribution in [0, 0.1) is 31.6 Å². The highest BCUT2D eigenvalue weighted by Gasteiger charge is 2.51. The van der Waals surface area contributed by atoms with Gasteiger partial charge in [-0.25, -0.2) is 4.79 Å². The molecule has 0 radical (unpaired) electrons. The molecule has 1 amide bonds. The zero-order valence-electron chi connectivity index (χ0n) is 14.9. The fourth-order valence-electron chi connectivity index (χ4n) is 5.84. The Morgan fingerprint density at radius 2 is 1.68 bits per heavy atom. The number of rotatable bonds is 4. The minimum atomic E-state index is -1.00. The van der Waals surface area contributed by atoms with Gasteiger partial charge in [0.2, 0.25) is 5.91 Å². The molecule has 0 aliphatic heterocycles. The molecular formula is C20H26N2O3. The third kappa shape index (κ3) is 2.90. The highest BCUT2D eigenvalue weighted by atomic mass is 16.4. The summed E-state index contributed by atoms with van der Waals surface area (Å²) in [5, 5.41) is 12.6. The van der Waals surface area contributed by atoms with Crippen LogP contribution < -0.4 is 5.32 Å². The van der Waals surface area contributed by atoms with Gasteiger partial charge in [0.25, 0.3) is 0 Å². The predicted octanol–water partition coefficient (Wildman–Crippen LogP) is 3.43. The zero-order valence-corrected chi connectivity index (χ0v) is 14.9. The van der Waals surface area contributed by atoms with Crippen molar-refractivity contribution in [1.29, 1.82) is 0 Å². The van der Waals surface area contributed by atoms with Crippen LogP contribution in [0.5, 0.6) is 0 Å². The van der Waals surface area contributed by atoms with Crippen molar-refractivity contribution in [3.63, 3.8) is 0 Å². The summed E-state index contributed by atoms with van der Waals surface area (Å²) in [5.41, 5.74) is 2.41. The van der Waals surface area contributed by atoms with Gasteiger partial charge in [0, 0.05) is 22.9 Å². The molecule has 5 heteroatoms. The van der Waals surface area contributed by atoms with E-state index in [1.165, 1.54) is 25.3 Å². The molecule has 1 aromatic heterocycles. The number of amides is 1. The van der Waals surface area contributed by atoms with Gasteiger partial charge in [-0.1, -0.05) is 0 Å². The number of nitrogens with one attached hydrogen (secondary N) is 2. The van der Waals surface area contributed by atoms with Crippen molar-refractivity contribution < 1.29 is 14.7 Å². The van der Waals surface area contributed by atoms with Gasteiger partial charge in [0.15, 0.2) is 0 Å². The van der Waals surface area contributed by atoms with E-state index >= 15 is 0 Å². The quantitative estimate of drug-likeness (QED) is 0.733. The molecule has 0 aromatic carbocycles. The monoisotopic (exact) mass is 342 g/mol. The summed E-state index contributed by atoms with van der Waals surface area (Å²) in [6.45, 7) is 3.71. The number of carboxylic acids is 1. The van der Waals surface area contributed by atoms with Crippen LogP contribution in [0.2, 0.25) is 0 Å².